The number of benzene rings is 1. The molecule has 2 nitrogen and oxygen atoms in total. The summed E-state index contributed by atoms with van der Waals surface area (Å²) >= 11 is 0. The van der Waals surface area contributed by atoms with Crippen LogP contribution in [0, 0.1) is 0 Å². The average Bonchev–Trinajstić information content (AvgIpc) is 2.25. The zero-order valence-electron chi connectivity index (χ0n) is 8.83. The minimum Gasteiger partial charge on any atom is -0.388 e. The summed E-state index contributed by atoms with van der Waals surface area (Å²) in [6.07, 6.45) is -5.84. The lowest BCUT2D eigenvalue weighted by Crippen LogP contribution is -2.41. The van der Waals surface area contributed by atoms with Crippen LogP contribution in [0.3, 0.4) is 0 Å². The lowest BCUT2D eigenvalue weighted by Gasteiger charge is -2.22. The molecular formula is C11H14F3NO. The lowest BCUT2D eigenvalue weighted by atomic mass is 10.0. The summed E-state index contributed by atoms with van der Waals surface area (Å²) < 4.78 is 37.3. The van der Waals surface area contributed by atoms with Crippen LogP contribution in [0.5, 0.6) is 0 Å². The molecular weight excluding hydrogens is 219 g/mol. The SMILES string of the molecule is CN[C@@H](C[C@@H](O)c1ccccc1)C(F)(F)F. The molecule has 0 unspecified atom stereocenters. The molecule has 0 aliphatic rings. The van der Waals surface area contributed by atoms with Crippen molar-refractivity contribution in [2.45, 2.75) is 24.7 Å². The van der Waals surface area contributed by atoms with Gasteiger partial charge in [-0.2, -0.15) is 13.2 Å². The Balaban J connectivity index is 2.67. The molecule has 0 aliphatic carbocycles. The Morgan fingerprint density at radius 1 is 1.25 bits per heavy atom. The van der Waals surface area contributed by atoms with Crippen LogP contribution >= 0.6 is 0 Å². The molecule has 1 aromatic carbocycles. The van der Waals surface area contributed by atoms with Crippen LogP contribution in [-0.4, -0.2) is 24.4 Å². The molecule has 0 saturated carbocycles. The van der Waals surface area contributed by atoms with Crippen molar-refractivity contribution in [1.82, 2.24) is 5.32 Å². The molecule has 2 atom stereocenters. The van der Waals surface area contributed by atoms with Crippen LogP contribution in [-0.2, 0) is 0 Å². The van der Waals surface area contributed by atoms with E-state index < -0.39 is 18.3 Å². The van der Waals surface area contributed by atoms with Gasteiger partial charge in [-0.3, -0.25) is 0 Å². The summed E-state index contributed by atoms with van der Waals surface area (Å²) in [4.78, 5) is 0. The van der Waals surface area contributed by atoms with Gasteiger partial charge in [0.25, 0.3) is 0 Å². The fraction of sp³-hybridized carbons (Fsp3) is 0.455. The molecule has 0 radical (unpaired) electrons. The Hall–Kier alpha value is -1.07. The molecule has 0 bridgehead atoms. The molecule has 2 N–H and O–H groups in total. The number of rotatable bonds is 4. The first-order valence-corrected chi connectivity index (χ1v) is 4.92. The highest BCUT2D eigenvalue weighted by Crippen LogP contribution is 2.27. The van der Waals surface area contributed by atoms with Gasteiger partial charge in [0.05, 0.1) is 6.10 Å². The van der Waals surface area contributed by atoms with Crippen molar-refractivity contribution in [1.29, 1.82) is 0 Å². The van der Waals surface area contributed by atoms with Crippen LogP contribution in [0.25, 0.3) is 0 Å². The van der Waals surface area contributed by atoms with E-state index in [-0.39, 0.29) is 6.42 Å². The van der Waals surface area contributed by atoms with E-state index in [1.807, 2.05) is 0 Å². The van der Waals surface area contributed by atoms with Crippen molar-refractivity contribution in [3.8, 4) is 0 Å². The summed E-state index contributed by atoms with van der Waals surface area (Å²) in [6.45, 7) is 0. The van der Waals surface area contributed by atoms with Crippen LogP contribution < -0.4 is 5.32 Å². The van der Waals surface area contributed by atoms with Gasteiger partial charge in [-0.1, -0.05) is 30.3 Å². The lowest BCUT2D eigenvalue weighted by molar-refractivity contribution is -0.161. The van der Waals surface area contributed by atoms with E-state index in [1.54, 1.807) is 30.3 Å². The van der Waals surface area contributed by atoms with Crippen LogP contribution in [0.1, 0.15) is 18.1 Å². The van der Waals surface area contributed by atoms with Gasteiger partial charge >= 0.3 is 6.18 Å². The highest BCUT2D eigenvalue weighted by Gasteiger charge is 2.39. The van der Waals surface area contributed by atoms with Crippen molar-refractivity contribution < 1.29 is 18.3 Å². The predicted molar refractivity (Wildman–Crippen MR) is 54.9 cm³/mol. The first kappa shape index (κ1) is 13.0. The second-order valence-electron chi connectivity index (χ2n) is 3.55. The molecule has 5 heteroatoms. The first-order valence-electron chi connectivity index (χ1n) is 4.92. The number of nitrogens with one attached hydrogen (secondary N) is 1. The van der Waals surface area contributed by atoms with Gasteiger partial charge in [0.2, 0.25) is 0 Å². The van der Waals surface area contributed by atoms with Crippen molar-refractivity contribution >= 4 is 0 Å². The second-order valence-corrected chi connectivity index (χ2v) is 3.55. The zero-order valence-corrected chi connectivity index (χ0v) is 8.83. The maximum absolute atomic E-state index is 12.4. The van der Waals surface area contributed by atoms with Gasteiger partial charge < -0.3 is 10.4 Å². The third-order valence-electron chi connectivity index (χ3n) is 2.39. The number of hydrogen-bond acceptors (Lipinski definition) is 2. The number of aliphatic hydroxyl groups is 1. The Labute approximate surface area is 92.1 Å². The quantitative estimate of drug-likeness (QED) is 0.836. The third-order valence-corrected chi connectivity index (χ3v) is 2.39. The topological polar surface area (TPSA) is 32.3 Å². The molecule has 0 aromatic heterocycles. The Morgan fingerprint density at radius 3 is 2.25 bits per heavy atom. The number of hydrogen-bond donors (Lipinski definition) is 2. The molecule has 16 heavy (non-hydrogen) atoms. The van der Waals surface area contributed by atoms with E-state index in [9.17, 15) is 18.3 Å². The third kappa shape index (κ3) is 3.50. The fourth-order valence-electron chi connectivity index (χ4n) is 1.45. The predicted octanol–water partition coefficient (Wildman–Crippen LogP) is 2.26. The van der Waals surface area contributed by atoms with Gasteiger partial charge in [0, 0.05) is 6.42 Å². The van der Waals surface area contributed by atoms with Gasteiger partial charge in [-0.05, 0) is 12.6 Å². The Kier molecular flexibility index (Phi) is 4.32. The summed E-state index contributed by atoms with van der Waals surface area (Å²) in [7, 11) is 1.23. The van der Waals surface area contributed by atoms with Crippen molar-refractivity contribution in [2.75, 3.05) is 7.05 Å². The first-order chi connectivity index (χ1) is 7.45. The maximum Gasteiger partial charge on any atom is 0.403 e. The molecule has 0 amide bonds. The smallest absolute Gasteiger partial charge is 0.388 e. The minimum atomic E-state index is -4.34. The van der Waals surface area contributed by atoms with Gasteiger partial charge in [0.15, 0.2) is 0 Å². The maximum atomic E-state index is 12.4. The number of halogens is 3. The summed E-state index contributed by atoms with van der Waals surface area (Å²) in [5.74, 6) is 0. The summed E-state index contributed by atoms with van der Waals surface area (Å²) in [5, 5.41) is 11.8. The number of aliphatic hydroxyl groups excluding tert-OH is 1. The van der Waals surface area contributed by atoms with Crippen LogP contribution in [0.2, 0.25) is 0 Å². The molecule has 90 valence electrons. The molecule has 1 rings (SSSR count). The largest absolute Gasteiger partial charge is 0.403 e. The van der Waals surface area contributed by atoms with E-state index in [0.29, 0.717) is 5.56 Å². The Morgan fingerprint density at radius 2 is 1.81 bits per heavy atom. The van der Waals surface area contributed by atoms with Crippen LogP contribution in [0.15, 0.2) is 30.3 Å². The van der Waals surface area contributed by atoms with E-state index >= 15 is 0 Å². The highest BCUT2D eigenvalue weighted by atomic mass is 19.4. The summed E-state index contributed by atoms with van der Waals surface area (Å²) in [5.41, 5.74) is 0.493. The van der Waals surface area contributed by atoms with Gasteiger partial charge in [0.1, 0.15) is 6.04 Å². The van der Waals surface area contributed by atoms with E-state index in [2.05, 4.69) is 5.32 Å². The van der Waals surface area contributed by atoms with Gasteiger partial charge in [-0.15, -0.1) is 0 Å². The molecule has 0 spiro atoms. The fourth-order valence-corrected chi connectivity index (χ4v) is 1.45. The average molecular weight is 233 g/mol. The van der Waals surface area contributed by atoms with E-state index in [0.717, 1.165) is 0 Å². The van der Waals surface area contributed by atoms with Crippen molar-refractivity contribution in [3.63, 3.8) is 0 Å². The standard InChI is InChI=1S/C11H14F3NO/c1-15-10(11(12,13)14)7-9(16)8-5-3-2-4-6-8/h2-6,9-10,15-16H,7H2,1H3/t9-,10+/m1/s1. The highest BCUT2D eigenvalue weighted by molar-refractivity contribution is 5.17. The zero-order chi connectivity index (χ0) is 12.2. The normalized spacial score (nSPS) is 15.8. The molecule has 0 fully saturated rings. The molecule has 0 heterocycles. The van der Waals surface area contributed by atoms with Gasteiger partial charge in [-0.25, -0.2) is 0 Å². The van der Waals surface area contributed by atoms with Crippen molar-refractivity contribution in [3.05, 3.63) is 35.9 Å². The monoisotopic (exact) mass is 233 g/mol. The van der Waals surface area contributed by atoms with Crippen molar-refractivity contribution in [2.24, 2.45) is 0 Å². The van der Waals surface area contributed by atoms with Crippen LogP contribution in [0.4, 0.5) is 13.2 Å². The summed E-state index contributed by atoms with van der Waals surface area (Å²) in [6, 6.07) is 6.63. The second kappa shape index (κ2) is 5.32. The Bertz CT molecular complexity index is 313. The molecule has 0 saturated heterocycles. The molecule has 1 aromatic rings. The van der Waals surface area contributed by atoms with E-state index in [1.165, 1.54) is 7.05 Å². The molecule has 0 aliphatic heterocycles. The van der Waals surface area contributed by atoms with E-state index in [4.69, 9.17) is 0 Å². The minimum absolute atomic E-state index is 0.385. The number of alkyl halides is 3.